The van der Waals surface area contributed by atoms with Crippen LogP contribution in [0.25, 0.3) is 10.9 Å². The highest BCUT2D eigenvalue weighted by Gasteiger charge is 2.09. The van der Waals surface area contributed by atoms with Gasteiger partial charge in [0.05, 0.1) is 10.9 Å². The van der Waals surface area contributed by atoms with E-state index in [9.17, 15) is 4.79 Å². The molecule has 0 atom stereocenters. The zero-order chi connectivity index (χ0) is 16.6. The average molecular weight is 308 g/mol. The van der Waals surface area contributed by atoms with Gasteiger partial charge in [0, 0.05) is 5.69 Å². The molecule has 3 rings (SSSR count). The average Bonchev–Trinajstić information content (AvgIpc) is 2.49. The van der Waals surface area contributed by atoms with E-state index in [-0.39, 0.29) is 11.6 Å². The van der Waals surface area contributed by atoms with E-state index in [2.05, 4.69) is 36.3 Å². The minimum absolute atomic E-state index is 0.215. The van der Waals surface area contributed by atoms with Gasteiger partial charge in [0.15, 0.2) is 0 Å². The number of aryl methyl sites for hydroxylation is 2. The van der Waals surface area contributed by atoms with Crippen molar-refractivity contribution in [3.63, 3.8) is 0 Å². The second kappa shape index (κ2) is 5.88. The Morgan fingerprint density at radius 3 is 2.43 bits per heavy atom. The van der Waals surface area contributed by atoms with Gasteiger partial charge in [-0.25, -0.2) is 4.79 Å². The van der Waals surface area contributed by atoms with Crippen molar-refractivity contribution in [2.24, 2.45) is 0 Å². The first-order chi connectivity index (χ1) is 10.9. The van der Waals surface area contributed by atoms with E-state index in [1.54, 1.807) is 0 Å². The van der Waals surface area contributed by atoms with Crippen LogP contribution in [-0.4, -0.2) is 4.98 Å². The Bertz CT molecular complexity index is 909. The van der Waals surface area contributed by atoms with Crippen LogP contribution in [0.3, 0.4) is 0 Å². The number of aromatic nitrogens is 1. The number of fused-ring (bicyclic) bond motifs is 1. The Morgan fingerprint density at radius 2 is 1.78 bits per heavy atom. The predicted molar refractivity (Wildman–Crippen MR) is 93.6 cm³/mol. The number of anilines is 2. The normalized spacial score (nSPS) is 11.2. The molecule has 4 heteroatoms. The number of nitrogens with zero attached hydrogens (tertiary/aromatic N) is 1. The van der Waals surface area contributed by atoms with Gasteiger partial charge in [-0.3, -0.25) is 0 Å². The zero-order valence-corrected chi connectivity index (χ0v) is 13.8. The van der Waals surface area contributed by atoms with Crippen LogP contribution in [0.2, 0.25) is 0 Å². The molecule has 0 aliphatic rings. The Hall–Kier alpha value is -2.62. The second-order valence-corrected chi connectivity index (χ2v) is 6.19. The fourth-order valence-corrected chi connectivity index (χ4v) is 2.66. The molecule has 0 aliphatic heterocycles. The summed E-state index contributed by atoms with van der Waals surface area (Å²) >= 11 is 0. The van der Waals surface area contributed by atoms with Gasteiger partial charge in [-0.1, -0.05) is 32.0 Å². The molecule has 0 bridgehead atoms. The summed E-state index contributed by atoms with van der Waals surface area (Å²) in [5.41, 5.74) is 4.39. The van der Waals surface area contributed by atoms with Crippen LogP contribution in [0.5, 0.6) is 0 Å². The molecule has 0 unspecified atom stereocenters. The summed E-state index contributed by atoms with van der Waals surface area (Å²) in [7, 11) is 0. The van der Waals surface area contributed by atoms with Crippen LogP contribution in [0.4, 0.5) is 11.7 Å². The standard InChI is InChI=1S/C19H20N2O2/c1-11(2)14-5-7-15(8-6-14)20-19-21-17-13(4)9-12(3)10-16(17)18(22)23-19/h5-11H,1-4H3,(H,20,21). The quantitative estimate of drug-likeness (QED) is 0.764. The van der Waals surface area contributed by atoms with Crippen LogP contribution >= 0.6 is 0 Å². The minimum atomic E-state index is -0.372. The highest BCUT2D eigenvalue weighted by molar-refractivity contribution is 5.82. The van der Waals surface area contributed by atoms with Crippen molar-refractivity contribution in [1.82, 2.24) is 4.98 Å². The summed E-state index contributed by atoms with van der Waals surface area (Å²) in [6.45, 7) is 8.20. The first kappa shape index (κ1) is 15.3. The maximum Gasteiger partial charge on any atom is 0.348 e. The molecule has 23 heavy (non-hydrogen) atoms. The summed E-state index contributed by atoms with van der Waals surface area (Å²) in [4.78, 5) is 16.6. The zero-order valence-electron chi connectivity index (χ0n) is 13.8. The fraction of sp³-hybridized carbons (Fsp3) is 0.263. The summed E-state index contributed by atoms with van der Waals surface area (Å²) < 4.78 is 5.30. The van der Waals surface area contributed by atoms with Crippen LogP contribution < -0.4 is 10.9 Å². The third-order valence-corrected chi connectivity index (χ3v) is 3.90. The van der Waals surface area contributed by atoms with Crippen molar-refractivity contribution in [3.05, 3.63) is 63.5 Å². The molecule has 1 aromatic heterocycles. The van der Waals surface area contributed by atoms with Crippen molar-refractivity contribution in [2.45, 2.75) is 33.6 Å². The number of hydrogen-bond donors (Lipinski definition) is 1. The van der Waals surface area contributed by atoms with Crippen molar-refractivity contribution in [1.29, 1.82) is 0 Å². The molecule has 3 aromatic rings. The Balaban J connectivity index is 1.99. The van der Waals surface area contributed by atoms with E-state index in [4.69, 9.17) is 4.42 Å². The lowest BCUT2D eigenvalue weighted by Gasteiger charge is -2.09. The van der Waals surface area contributed by atoms with Gasteiger partial charge in [0.2, 0.25) is 0 Å². The summed E-state index contributed by atoms with van der Waals surface area (Å²) in [6.07, 6.45) is 0. The summed E-state index contributed by atoms with van der Waals surface area (Å²) in [5, 5.41) is 3.58. The molecule has 0 saturated carbocycles. The Kier molecular flexibility index (Phi) is 3.90. The molecule has 2 aromatic carbocycles. The molecule has 118 valence electrons. The predicted octanol–water partition coefficient (Wildman–Crippen LogP) is 4.67. The molecule has 0 radical (unpaired) electrons. The van der Waals surface area contributed by atoms with E-state index >= 15 is 0 Å². The largest absolute Gasteiger partial charge is 0.388 e. The Morgan fingerprint density at radius 1 is 1.09 bits per heavy atom. The van der Waals surface area contributed by atoms with Gasteiger partial charge < -0.3 is 9.73 Å². The monoisotopic (exact) mass is 308 g/mol. The molecule has 1 heterocycles. The van der Waals surface area contributed by atoms with Gasteiger partial charge in [-0.2, -0.15) is 4.98 Å². The molecule has 0 fully saturated rings. The third kappa shape index (κ3) is 3.11. The van der Waals surface area contributed by atoms with E-state index in [1.165, 1.54) is 5.56 Å². The molecular formula is C19H20N2O2. The van der Waals surface area contributed by atoms with Crippen molar-refractivity contribution < 1.29 is 4.42 Å². The lowest BCUT2D eigenvalue weighted by Crippen LogP contribution is -2.06. The van der Waals surface area contributed by atoms with Crippen LogP contribution in [0, 0.1) is 13.8 Å². The molecular weight excluding hydrogens is 288 g/mol. The molecule has 0 saturated heterocycles. The SMILES string of the molecule is Cc1cc(C)c2nc(Nc3ccc(C(C)C)cc3)oc(=O)c2c1. The van der Waals surface area contributed by atoms with Gasteiger partial charge >= 0.3 is 11.6 Å². The number of nitrogens with one attached hydrogen (secondary N) is 1. The lowest BCUT2D eigenvalue weighted by atomic mass is 10.0. The first-order valence-electron chi connectivity index (χ1n) is 7.73. The van der Waals surface area contributed by atoms with E-state index < -0.39 is 0 Å². The van der Waals surface area contributed by atoms with Gasteiger partial charge in [-0.15, -0.1) is 0 Å². The smallest absolute Gasteiger partial charge is 0.348 e. The van der Waals surface area contributed by atoms with Crippen LogP contribution in [0.1, 0.15) is 36.5 Å². The van der Waals surface area contributed by atoms with Crippen molar-refractivity contribution in [3.8, 4) is 0 Å². The third-order valence-electron chi connectivity index (χ3n) is 3.90. The highest BCUT2D eigenvalue weighted by Crippen LogP contribution is 2.22. The molecule has 0 amide bonds. The number of hydrogen-bond acceptors (Lipinski definition) is 4. The summed E-state index contributed by atoms with van der Waals surface area (Å²) in [5.74, 6) is 0.478. The minimum Gasteiger partial charge on any atom is -0.388 e. The maximum absolute atomic E-state index is 12.2. The first-order valence-corrected chi connectivity index (χ1v) is 7.73. The number of rotatable bonds is 3. The van der Waals surface area contributed by atoms with E-state index in [0.717, 1.165) is 16.8 Å². The van der Waals surface area contributed by atoms with Gasteiger partial charge in [0.25, 0.3) is 0 Å². The van der Waals surface area contributed by atoms with Gasteiger partial charge in [0.1, 0.15) is 0 Å². The topological polar surface area (TPSA) is 55.1 Å². The molecule has 0 spiro atoms. The number of benzene rings is 2. The molecule has 1 N–H and O–H groups in total. The van der Waals surface area contributed by atoms with Crippen molar-refractivity contribution in [2.75, 3.05) is 5.32 Å². The van der Waals surface area contributed by atoms with Crippen LogP contribution in [0.15, 0.2) is 45.6 Å². The molecule has 4 nitrogen and oxygen atoms in total. The molecule has 0 aliphatic carbocycles. The Labute approximate surface area is 135 Å². The van der Waals surface area contributed by atoms with E-state index in [1.807, 2.05) is 38.1 Å². The second-order valence-electron chi connectivity index (χ2n) is 6.19. The summed E-state index contributed by atoms with van der Waals surface area (Å²) in [6, 6.07) is 12.1. The van der Waals surface area contributed by atoms with Crippen LogP contribution in [-0.2, 0) is 0 Å². The highest BCUT2D eigenvalue weighted by atomic mass is 16.4. The lowest BCUT2D eigenvalue weighted by molar-refractivity contribution is 0.522. The fourth-order valence-electron chi connectivity index (χ4n) is 2.66. The maximum atomic E-state index is 12.2. The van der Waals surface area contributed by atoms with E-state index in [0.29, 0.717) is 16.8 Å². The van der Waals surface area contributed by atoms with Gasteiger partial charge in [-0.05, 0) is 54.7 Å². The van der Waals surface area contributed by atoms with Crippen molar-refractivity contribution >= 4 is 22.6 Å².